The van der Waals surface area contributed by atoms with Gasteiger partial charge in [0.2, 0.25) is 10.0 Å². The quantitative estimate of drug-likeness (QED) is 0.893. The van der Waals surface area contributed by atoms with Gasteiger partial charge in [-0.25, -0.2) is 8.42 Å². The molecular formula is C12H16BrClN2O2S. The van der Waals surface area contributed by atoms with Crippen LogP contribution in [0.25, 0.3) is 0 Å². The van der Waals surface area contributed by atoms with Crippen molar-refractivity contribution in [3.8, 4) is 0 Å². The van der Waals surface area contributed by atoms with E-state index >= 15 is 0 Å². The van der Waals surface area contributed by atoms with Crippen LogP contribution in [0.15, 0.2) is 27.6 Å². The van der Waals surface area contributed by atoms with Gasteiger partial charge in [0, 0.05) is 17.6 Å². The van der Waals surface area contributed by atoms with Crippen molar-refractivity contribution in [3.05, 3.63) is 27.7 Å². The second kappa shape index (κ2) is 6.10. The van der Waals surface area contributed by atoms with Crippen LogP contribution >= 0.6 is 27.5 Å². The molecule has 1 aromatic carbocycles. The van der Waals surface area contributed by atoms with Crippen molar-refractivity contribution in [1.82, 2.24) is 9.62 Å². The lowest BCUT2D eigenvalue weighted by Crippen LogP contribution is -2.43. The van der Waals surface area contributed by atoms with Gasteiger partial charge in [-0.3, -0.25) is 0 Å². The Morgan fingerprint density at radius 1 is 1.37 bits per heavy atom. The number of nitrogens with zero attached hydrogens (tertiary/aromatic N) is 1. The predicted molar refractivity (Wildman–Crippen MR) is 80.0 cm³/mol. The Hall–Kier alpha value is -0.140. The molecule has 0 atom stereocenters. The smallest absolute Gasteiger partial charge is 0.243 e. The maximum absolute atomic E-state index is 12.5. The first kappa shape index (κ1) is 15.3. The van der Waals surface area contributed by atoms with Gasteiger partial charge in [-0.15, -0.1) is 0 Å². The summed E-state index contributed by atoms with van der Waals surface area (Å²) in [6, 6.07) is 4.74. The maximum Gasteiger partial charge on any atom is 0.243 e. The third-order valence-corrected chi connectivity index (χ3v) is 6.51. The fraction of sp³-hybridized carbons (Fsp3) is 0.500. The van der Waals surface area contributed by atoms with E-state index in [1.165, 1.54) is 4.31 Å². The van der Waals surface area contributed by atoms with Crippen molar-refractivity contribution in [3.63, 3.8) is 0 Å². The minimum Gasteiger partial charge on any atom is -0.317 e. The van der Waals surface area contributed by atoms with Crippen molar-refractivity contribution < 1.29 is 8.42 Å². The lowest BCUT2D eigenvalue weighted by atomic mass is 10.1. The van der Waals surface area contributed by atoms with Crippen LogP contribution in [0.2, 0.25) is 5.02 Å². The molecule has 1 fully saturated rings. The summed E-state index contributed by atoms with van der Waals surface area (Å²) in [6.45, 7) is 1.71. The highest BCUT2D eigenvalue weighted by molar-refractivity contribution is 9.10. The Morgan fingerprint density at radius 2 is 2.00 bits per heavy atom. The van der Waals surface area contributed by atoms with Crippen LogP contribution in [0.3, 0.4) is 0 Å². The van der Waals surface area contributed by atoms with Gasteiger partial charge in [0.15, 0.2) is 0 Å². The second-order valence-electron chi connectivity index (χ2n) is 4.58. The molecule has 2 rings (SSSR count). The zero-order valence-electron chi connectivity index (χ0n) is 10.6. The summed E-state index contributed by atoms with van der Waals surface area (Å²) in [6.07, 6.45) is 1.68. The number of sulfonamides is 1. The molecule has 1 aliphatic heterocycles. The van der Waals surface area contributed by atoms with Gasteiger partial charge in [-0.05, 0) is 60.1 Å². The van der Waals surface area contributed by atoms with Crippen LogP contribution in [-0.4, -0.2) is 38.9 Å². The number of hydrogen-bond donors (Lipinski definition) is 1. The van der Waals surface area contributed by atoms with Crippen LogP contribution in [-0.2, 0) is 10.0 Å². The van der Waals surface area contributed by atoms with Gasteiger partial charge < -0.3 is 5.32 Å². The first-order valence-electron chi connectivity index (χ1n) is 6.07. The largest absolute Gasteiger partial charge is 0.317 e. The number of benzene rings is 1. The molecule has 1 aromatic rings. The normalized spacial score (nSPS) is 17.9. The lowest BCUT2D eigenvalue weighted by molar-refractivity contribution is 0.296. The Morgan fingerprint density at radius 3 is 2.58 bits per heavy atom. The fourth-order valence-electron chi connectivity index (χ4n) is 2.17. The first-order chi connectivity index (χ1) is 8.93. The van der Waals surface area contributed by atoms with Gasteiger partial charge in [-0.2, -0.15) is 4.31 Å². The summed E-state index contributed by atoms with van der Waals surface area (Å²) in [5.74, 6) is 0. The van der Waals surface area contributed by atoms with Crippen LogP contribution in [0, 0.1) is 0 Å². The Labute approximate surface area is 127 Å². The fourth-order valence-corrected chi connectivity index (χ4v) is 4.26. The van der Waals surface area contributed by atoms with E-state index in [0.717, 1.165) is 25.9 Å². The van der Waals surface area contributed by atoms with Crippen LogP contribution in [0.5, 0.6) is 0 Å². The molecule has 19 heavy (non-hydrogen) atoms. The highest BCUT2D eigenvalue weighted by Crippen LogP contribution is 2.28. The zero-order valence-corrected chi connectivity index (χ0v) is 13.7. The molecular weight excluding hydrogens is 352 g/mol. The molecule has 1 aliphatic rings. The van der Waals surface area contributed by atoms with Gasteiger partial charge in [0.05, 0.1) is 9.92 Å². The summed E-state index contributed by atoms with van der Waals surface area (Å²) < 4.78 is 27.1. The number of piperidine rings is 1. The Bertz CT molecular complexity index is 559. The first-order valence-corrected chi connectivity index (χ1v) is 8.68. The van der Waals surface area contributed by atoms with Crippen molar-refractivity contribution in [2.24, 2.45) is 0 Å². The van der Waals surface area contributed by atoms with Crippen molar-refractivity contribution >= 4 is 37.6 Å². The molecule has 1 heterocycles. The standard InChI is InChI=1S/C12H16BrClN2O2S/c1-16(9-4-6-15-7-5-9)19(17,18)10-2-3-12(14)11(13)8-10/h2-3,8-9,15H,4-7H2,1H3. The van der Waals surface area contributed by atoms with Gasteiger partial charge in [0.25, 0.3) is 0 Å². The van der Waals surface area contributed by atoms with E-state index in [9.17, 15) is 8.42 Å². The molecule has 0 amide bonds. The molecule has 4 nitrogen and oxygen atoms in total. The molecule has 7 heteroatoms. The van der Waals surface area contributed by atoms with E-state index in [1.807, 2.05) is 0 Å². The summed E-state index contributed by atoms with van der Waals surface area (Å²) in [4.78, 5) is 0.268. The summed E-state index contributed by atoms with van der Waals surface area (Å²) in [5, 5.41) is 3.73. The molecule has 1 N–H and O–H groups in total. The number of nitrogens with one attached hydrogen (secondary N) is 1. The average molecular weight is 368 g/mol. The molecule has 106 valence electrons. The molecule has 0 aliphatic carbocycles. The average Bonchev–Trinajstić information content (AvgIpc) is 2.41. The van der Waals surface area contributed by atoms with Crippen LogP contribution < -0.4 is 5.32 Å². The van der Waals surface area contributed by atoms with Gasteiger partial charge >= 0.3 is 0 Å². The van der Waals surface area contributed by atoms with Crippen LogP contribution in [0.1, 0.15) is 12.8 Å². The SMILES string of the molecule is CN(C1CCNCC1)S(=O)(=O)c1ccc(Cl)c(Br)c1. The van der Waals surface area contributed by atoms with E-state index in [1.54, 1.807) is 25.2 Å². The highest BCUT2D eigenvalue weighted by atomic mass is 79.9. The third-order valence-electron chi connectivity index (χ3n) is 3.39. The minimum atomic E-state index is -3.46. The van der Waals surface area contributed by atoms with Crippen molar-refractivity contribution in [2.75, 3.05) is 20.1 Å². The Balaban J connectivity index is 2.27. The van der Waals surface area contributed by atoms with Crippen molar-refractivity contribution in [1.29, 1.82) is 0 Å². The maximum atomic E-state index is 12.5. The Kier molecular flexibility index (Phi) is 4.89. The molecule has 0 bridgehead atoms. The van der Waals surface area contributed by atoms with Crippen LogP contribution in [0.4, 0.5) is 0 Å². The number of rotatable bonds is 3. The van der Waals surface area contributed by atoms with E-state index in [-0.39, 0.29) is 10.9 Å². The second-order valence-corrected chi connectivity index (χ2v) is 7.84. The highest BCUT2D eigenvalue weighted by Gasteiger charge is 2.29. The molecule has 0 unspecified atom stereocenters. The molecule has 1 saturated heterocycles. The minimum absolute atomic E-state index is 0.0562. The summed E-state index contributed by atoms with van der Waals surface area (Å²) in [5.41, 5.74) is 0. The molecule has 0 spiro atoms. The number of halogens is 2. The summed E-state index contributed by atoms with van der Waals surface area (Å²) in [7, 11) is -1.81. The molecule has 0 radical (unpaired) electrons. The summed E-state index contributed by atoms with van der Waals surface area (Å²) >= 11 is 9.15. The third kappa shape index (κ3) is 3.31. The topological polar surface area (TPSA) is 49.4 Å². The lowest BCUT2D eigenvalue weighted by Gasteiger charge is -2.30. The van der Waals surface area contributed by atoms with E-state index in [4.69, 9.17) is 11.6 Å². The zero-order chi connectivity index (χ0) is 14.0. The van der Waals surface area contributed by atoms with E-state index in [2.05, 4.69) is 21.2 Å². The number of hydrogen-bond acceptors (Lipinski definition) is 3. The van der Waals surface area contributed by atoms with E-state index in [0.29, 0.717) is 9.50 Å². The van der Waals surface area contributed by atoms with E-state index < -0.39 is 10.0 Å². The molecule has 0 saturated carbocycles. The monoisotopic (exact) mass is 366 g/mol. The van der Waals surface area contributed by atoms with Gasteiger partial charge in [-0.1, -0.05) is 11.6 Å². The van der Waals surface area contributed by atoms with Gasteiger partial charge in [0.1, 0.15) is 0 Å². The predicted octanol–water partition coefficient (Wildman–Crippen LogP) is 2.47. The van der Waals surface area contributed by atoms with Crippen molar-refractivity contribution in [2.45, 2.75) is 23.8 Å². The molecule has 0 aromatic heterocycles.